The molecule has 0 aromatic rings. The van der Waals surface area contributed by atoms with E-state index in [4.69, 9.17) is 15.0 Å². The monoisotopic (exact) mass is 369 g/mol. The van der Waals surface area contributed by atoms with Crippen molar-refractivity contribution in [3.63, 3.8) is 0 Å². The Hall–Kier alpha value is -2.48. The summed E-state index contributed by atoms with van der Waals surface area (Å²) in [7, 11) is 1.24. The van der Waals surface area contributed by atoms with E-state index in [1.165, 1.54) is 7.11 Å². The smallest absolute Gasteiger partial charge is 0.411 e. The van der Waals surface area contributed by atoms with Crippen molar-refractivity contribution in [1.29, 1.82) is 0 Å². The van der Waals surface area contributed by atoms with Crippen molar-refractivity contribution in [3.05, 3.63) is 10.4 Å². The van der Waals surface area contributed by atoms with Gasteiger partial charge < -0.3 is 14.8 Å². The number of carbonyl (C=O) groups excluding carboxylic acids is 3. The number of ether oxygens (including phenoxy) is 2. The number of nitrogens with one attached hydrogen (secondary N) is 1. The van der Waals surface area contributed by atoms with Crippen molar-refractivity contribution >= 4 is 18.0 Å². The molecule has 26 heavy (non-hydrogen) atoms. The van der Waals surface area contributed by atoms with Crippen LogP contribution in [0.1, 0.15) is 47.5 Å². The second-order valence-corrected chi connectivity index (χ2v) is 7.42. The van der Waals surface area contributed by atoms with Crippen LogP contribution in [0.5, 0.6) is 0 Å². The van der Waals surface area contributed by atoms with Crippen LogP contribution in [-0.4, -0.2) is 53.8 Å². The zero-order valence-electron chi connectivity index (χ0n) is 16.1. The highest BCUT2D eigenvalue weighted by Crippen LogP contribution is 2.28. The lowest BCUT2D eigenvalue weighted by Gasteiger charge is -2.31. The van der Waals surface area contributed by atoms with Crippen LogP contribution in [0.3, 0.4) is 0 Å². The van der Waals surface area contributed by atoms with Crippen molar-refractivity contribution < 1.29 is 23.9 Å². The molecule has 1 saturated heterocycles. The van der Waals surface area contributed by atoms with Gasteiger partial charge in [0.05, 0.1) is 7.11 Å². The highest BCUT2D eigenvalue weighted by Gasteiger charge is 2.43. The Morgan fingerprint density at radius 3 is 2.35 bits per heavy atom. The van der Waals surface area contributed by atoms with E-state index >= 15 is 0 Å². The number of likely N-dealkylation sites (tertiary alicyclic amines) is 1. The second-order valence-electron chi connectivity index (χ2n) is 7.42. The maximum Gasteiger partial charge on any atom is 0.411 e. The van der Waals surface area contributed by atoms with Gasteiger partial charge in [0.1, 0.15) is 23.9 Å². The van der Waals surface area contributed by atoms with Gasteiger partial charge in [0, 0.05) is 4.91 Å². The SMILES string of the molecule is COC(=O)[C@@H](NC(=O)[C@@H]1CC[C@H](N=[N+]=[N-])N1C(=O)OC(C)(C)C)C(C)C. The van der Waals surface area contributed by atoms with Gasteiger partial charge in [-0.3, -0.25) is 9.69 Å². The molecule has 0 spiro atoms. The molecular weight excluding hydrogens is 342 g/mol. The lowest BCUT2D eigenvalue weighted by Crippen LogP contribution is -2.54. The molecule has 0 aromatic heterocycles. The van der Waals surface area contributed by atoms with E-state index in [1.807, 2.05) is 0 Å². The van der Waals surface area contributed by atoms with E-state index < -0.39 is 41.8 Å². The molecule has 1 rings (SSSR count). The molecule has 2 amide bonds. The van der Waals surface area contributed by atoms with Gasteiger partial charge in [-0.2, -0.15) is 0 Å². The third-order valence-corrected chi connectivity index (χ3v) is 3.87. The van der Waals surface area contributed by atoms with Crippen LogP contribution in [0.15, 0.2) is 5.11 Å². The molecule has 10 nitrogen and oxygen atoms in total. The zero-order valence-corrected chi connectivity index (χ0v) is 16.1. The summed E-state index contributed by atoms with van der Waals surface area (Å²) in [6.45, 7) is 8.63. The van der Waals surface area contributed by atoms with Crippen molar-refractivity contribution in [3.8, 4) is 0 Å². The van der Waals surface area contributed by atoms with Crippen LogP contribution in [0.25, 0.3) is 10.4 Å². The van der Waals surface area contributed by atoms with Crippen molar-refractivity contribution in [2.45, 2.75) is 71.3 Å². The quantitative estimate of drug-likeness (QED) is 0.343. The molecule has 1 heterocycles. The van der Waals surface area contributed by atoms with E-state index in [0.29, 0.717) is 12.8 Å². The minimum Gasteiger partial charge on any atom is -0.467 e. The Labute approximate surface area is 152 Å². The molecule has 0 bridgehead atoms. The summed E-state index contributed by atoms with van der Waals surface area (Å²) in [6, 6.07) is -1.74. The van der Waals surface area contributed by atoms with Crippen molar-refractivity contribution in [2.24, 2.45) is 11.0 Å². The molecule has 0 radical (unpaired) electrons. The maximum absolute atomic E-state index is 12.7. The first kappa shape index (κ1) is 21.6. The zero-order chi connectivity index (χ0) is 20.1. The largest absolute Gasteiger partial charge is 0.467 e. The van der Waals surface area contributed by atoms with E-state index in [0.717, 1.165) is 4.90 Å². The Balaban J connectivity index is 3.03. The topological polar surface area (TPSA) is 134 Å². The highest BCUT2D eigenvalue weighted by molar-refractivity contribution is 5.90. The molecule has 0 saturated carbocycles. The Morgan fingerprint density at radius 1 is 1.27 bits per heavy atom. The molecular formula is C16H27N5O5. The minimum absolute atomic E-state index is 0.198. The maximum atomic E-state index is 12.7. The van der Waals surface area contributed by atoms with Gasteiger partial charge in [0.25, 0.3) is 0 Å². The van der Waals surface area contributed by atoms with E-state index in [2.05, 4.69) is 15.3 Å². The van der Waals surface area contributed by atoms with Crippen LogP contribution in [0.4, 0.5) is 4.79 Å². The molecule has 10 heteroatoms. The first-order valence-corrected chi connectivity index (χ1v) is 8.45. The molecule has 146 valence electrons. The van der Waals surface area contributed by atoms with E-state index in [9.17, 15) is 14.4 Å². The number of rotatable bonds is 5. The third kappa shape index (κ3) is 5.52. The van der Waals surface area contributed by atoms with Crippen molar-refractivity contribution in [2.75, 3.05) is 7.11 Å². The molecule has 3 atom stereocenters. The average molecular weight is 369 g/mol. The van der Waals surface area contributed by atoms with Gasteiger partial charge in [0.15, 0.2) is 0 Å². The first-order valence-electron chi connectivity index (χ1n) is 8.45. The Morgan fingerprint density at radius 2 is 1.88 bits per heavy atom. The second kappa shape index (κ2) is 8.75. The van der Waals surface area contributed by atoms with Gasteiger partial charge in [-0.25, -0.2) is 9.59 Å². The summed E-state index contributed by atoms with van der Waals surface area (Å²) in [6.07, 6.45) is -0.944. The predicted octanol–water partition coefficient (Wildman–Crippen LogP) is 2.34. The highest BCUT2D eigenvalue weighted by atomic mass is 16.6. The number of amides is 2. The lowest BCUT2D eigenvalue weighted by molar-refractivity contribution is -0.147. The fourth-order valence-electron chi connectivity index (χ4n) is 2.66. The van der Waals surface area contributed by atoms with Gasteiger partial charge in [0.2, 0.25) is 5.91 Å². The Kier molecular flexibility index (Phi) is 7.26. The standard InChI is InChI=1S/C16H27N5O5/c1-9(2)12(14(23)25-6)18-13(22)10-7-8-11(19-20-17)21(10)15(24)26-16(3,4)5/h9-12H,7-8H2,1-6H3,(H,18,22)/t10-,11+,12-/m0/s1. The van der Waals surface area contributed by atoms with Crippen LogP contribution < -0.4 is 5.32 Å². The molecule has 0 unspecified atom stereocenters. The molecule has 1 N–H and O–H groups in total. The third-order valence-electron chi connectivity index (χ3n) is 3.87. The van der Waals surface area contributed by atoms with Gasteiger partial charge >= 0.3 is 12.1 Å². The number of azide groups is 1. The summed E-state index contributed by atoms with van der Waals surface area (Å²) < 4.78 is 10.0. The van der Waals surface area contributed by atoms with Crippen LogP contribution in [-0.2, 0) is 19.1 Å². The predicted molar refractivity (Wildman–Crippen MR) is 92.8 cm³/mol. The lowest BCUT2D eigenvalue weighted by atomic mass is 10.0. The molecule has 1 aliphatic rings. The number of hydrogen-bond donors (Lipinski definition) is 1. The first-order chi connectivity index (χ1) is 12.0. The number of methoxy groups -OCH3 is 1. The van der Waals surface area contributed by atoms with Gasteiger partial charge in [-0.05, 0) is 45.1 Å². The van der Waals surface area contributed by atoms with Crippen molar-refractivity contribution in [1.82, 2.24) is 10.2 Å². The number of nitrogens with zero attached hydrogens (tertiary/aromatic N) is 4. The average Bonchev–Trinajstić information content (AvgIpc) is 2.94. The summed E-state index contributed by atoms with van der Waals surface area (Å²) in [5, 5.41) is 6.21. The summed E-state index contributed by atoms with van der Waals surface area (Å²) in [4.78, 5) is 41.0. The van der Waals surface area contributed by atoms with Crippen LogP contribution >= 0.6 is 0 Å². The van der Waals surface area contributed by atoms with Gasteiger partial charge in [-0.15, -0.1) is 0 Å². The van der Waals surface area contributed by atoms with Crippen LogP contribution in [0.2, 0.25) is 0 Å². The molecule has 0 aliphatic carbocycles. The molecule has 1 fully saturated rings. The van der Waals surface area contributed by atoms with E-state index in [-0.39, 0.29) is 5.92 Å². The normalized spacial score (nSPS) is 21.0. The fraction of sp³-hybridized carbons (Fsp3) is 0.812. The molecule has 0 aromatic carbocycles. The number of hydrogen-bond acceptors (Lipinski definition) is 6. The fourth-order valence-corrected chi connectivity index (χ4v) is 2.66. The Bertz CT molecular complexity index is 594. The minimum atomic E-state index is -0.897. The number of carbonyl (C=O) groups is 3. The summed E-state index contributed by atoms with van der Waals surface area (Å²) >= 11 is 0. The van der Waals surface area contributed by atoms with Crippen LogP contribution in [0, 0.1) is 5.92 Å². The summed E-state index contributed by atoms with van der Waals surface area (Å²) in [5.41, 5.74) is 7.95. The van der Waals surface area contributed by atoms with Gasteiger partial charge in [-0.1, -0.05) is 19.0 Å². The van der Waals surface area contributed by atoms with E-state index in [1.54, 1.807) is 34.6 Å². The molecule has 1 aliphatic heterocycles. The summed E-state index contributed by atoms with van der Waals surface area (Å²) in [5.74, 6) is -1.28. The number of esters is 1.